The Balaban J connectivity index is 1.48. The monoisotopic (exact) mass is 704 g/mol. The molecule has 3 fully saturated rings. The van der Waals surface area contributed by atoms with E-state index in [1.807, 2.05) is 13.8 Å². The lowest BCUT2D eigenvalue weighted by molar-refractivity contribution is -0.291. The first-order valence-corrected chi connectivity index (χ1v) is 17.7. The topological polar surface area (TPSA) is 200 Å². The Morgan fingerprint density at radius 2 is 1.64 bits per heavy atom. The first kappa shape index (κ1) is 38.8. The Morgan fingerprint density at radius 1 is 1.00 bits per heavy atom. The van der Waals surface area contributed by atoms with Crippen LogP contribution in [0.1, 0.15) is 88.0 Å². The molecule has 4 aliphatic carbocycles. The highest BCUT2D eigenvalue weighted by Crippen LogP contribution is 2.74. The molecule has 1 saturated heterocycles. The molecule has 50 heavy (non-hydrogen) atoms. The number of allylic oxidation sites excluding steroid dienone is 4. The molecule has 6 N–H and O–H groups in total. The smallest absolute Gasteiger partial charge is 0.303 e. The summed E-state index contributed by atoms with van der Waals surface area (Å²) in [5.74, 6) is -2.59. The Bertz CT molecular complexity index is 1490. The molecule has 13 atom stereocenters. The maximum Gasteiger partial charge on any atom is 0.303 e. The number of ether oxygens (including phenoxy) is 3. The third-order valence-corrected chi connectivity index (χ3v) is 13.4. The maximum absolute atomic E-state index is 13.9. The van der Waals surface area contributed by atoms with Crippen molar-refractivity contribution in [3.8, 4) is 0 Å². The molecule has 0 aromatic heterocycles. The van der Waals surface area contributed by atoms with Crippen molar-refractivity contribution in [1.82, 2.24) is 0 Å². The van der Waals surface area contributed by atoms with Gasteiger partial charge < -0.3 is 44.8 Å². The Labute approximate surface area is 294 Å². The molecule has 0 spiro atoms. The van der Waals surface area contributed by atoms with Crippen LogP contribution in [-0.2, 0) is 28.6 Å². The van der Waals surface area contributed by atoms with Crippen molar-refractivity contribution >= 4 is 17.5 Å². The molecule has 2 saturated carbocycles. The zero-order valence-electron chi connectivity index (χ0n) is 30.7. The predicted octanol–water partition coefficient (Wildman–Crippen LogP) is 2.27. The molecule has 0 unspecified atom stereocenters. The van der Waals surface area contributed by atoms with E-state index >= 15 is 0 Å². The van der Waals surface area contributed by atoms with Crippen LogP contribution in [0, 0.1) is 39.4 Å². The molecule has 5 rings (SSSR count). The second kappa shape index (κ2) is 12.6. The van der Waals surface area contributed by atoms with E-state index in [9.17, 15) is 45.0 Å². The number of rotatable bonds is 8. The number of hydrogen-bond donors (Lipinski definition) is 6. The quantitative estimate of drug-likeness (QED) is 0.123. The first-order chi connectivity index (χ1) is 22.9. The highest BCUT2D eigenvalue weighted by atomic mass is 16.7. The van der Waals surface area contributed by atoms with Gasteiger partial charge in [-0.25, -0.2) is 0 Å². The van der Waals surface area contributed by atoms with Gasteiger partial charge in [0.25, 0.3) is 0 Å². The van der Waals surface area contributed by atoms with Crippen LogP contribution in [0.15, 0.2) is 35.6 Å². The van der Waals surface area contributed by atoms with E-state index < -0.39 is 93.9 Å². The molecule has 0 bridgehead atoms. The largest absolute Gasteiger partial charge is 0.459 e. The highest BCUT2D eigenvalue weighted by molar-refractivity contribution is 6.01. The van der Waals surface area contributed by atoms with E-state index in [0.29, 0.717) is 25.7 Å². The number of carbonyl (C=O) groups excluding carboxylic acids is 3. The maximum atomic E-state index is 13.9. The van der Waals surface area contributed by atoms with Crippen molar-refractivity contribution in [2.75, 3.05) is 6.61 Å². The lowest BCUT2D eigenvalue weighted by atomic mass is 9.39. The SMILES string of the molecule is CC(=O)OC(C)(C)/C=C/C(=O)[C@](C)(O)[C@H]1[C@H](O)C[C@@]2(C)[C@@H]3CC=C4[C@@H](C=C(O[C@@H]5O[C@H](CO)[C@@H](O)[C@H](O)[C@H]5O)C(=O)C4(C)C)[C@]3(C)CC[C@]12C. The number of hydrogen-bond acceptors (Lipinski definition) is 12. The van der Waals surface area contributed by atoms with Gasteiger partial charge in [0.05, 0.1) is 18.1 Å². The van der Waals surface area contributed by atoms with E-state index in [-0.39, 0.29) is 23.4 Å². The van der Waals surface area contributed by atoms with Crippen molar-refractivity contribution in [2.45, 2.75) is 136 Å². The number of ketones is 2. The van der Waals surface area contributed by atoms with E-state index in [1.54, 1.807) is 19.9 Å². The molecule has 0 aromatic rings. The number of fused-ring (bicyclic) bond motifs is 5. The van der Waals surface area contributed by atoms with E-state index in [0.717, 1.165) is 5.57 Å². The summed E-state index contributed by atoms with van der Waals surface area (Å²) >= 11 is 0. The molecule has 0 radical (unpaired) electrons. The fourth-order valence-electron chi connectivity index (χ4n) is 10.6. The van der Waals surface area contributed by atoms with Gasteiger partial charge in [0.2, 0.25) is 12.1 Å². The number of aliphatic hydroxyl groups excluding tert-OH is 5. The Hall–Kier alpha value is -2.45. The summed E-state index contributed by atoms with van der Waals surface area (Å²) in [4.78, 5) is 39.1. The van der Waals surface area contributed by atoms with Crippen molar-refractivity contribution < 1.29 is 59.2 Å². The minimum atomic E-state index is -1.93. The van der Waals surface area contributed by atoms with Crippen LogP contribution >= 0.6 is 0 Å². The van der Waals surface area contributed by atoms with Gasteiger partial charge in [-0.2, -0.15) is 0 Å². The minimum Gasteiger partial charge on any atom is -0.459 e. The molecule has 12 heteroatoms. The zero-order valence-corrected chi connectivity index (χ0v) is 30.7. The van der Waals surface area contributed by atoms with Crippen molar-refractivity contribution in [3.63, 3.8) is 0 Å². The summed E-state index contributed by atoms with van der Waals surface area (Å²) in [5, 5.41) is 64.7. The molecular weight excluding hydrogens is 648 g/mol. The first-order valence-electron chi connectivity index (χ1n) is 17.7. The van der Waals surface area contributed by atoms with Gasteiger partial charge in [0.1, 0.15) is 35.6 Å². The van der Waals surface area contributed by atoms with Crippen LogP contribution in [0.3, 0.4) is 0 Å². The van der Waals surface area contributed by atoms with Crippen LogP contribution in [-0.4, -0.2) is 103 Å². The van der Waals surface area contributed by atoms with Gasteiger partial charge in [-0.05, 0) is 101 Å². The lowest BCUT2D eigenvalue weighted by Gasteiger charge is -2.64. The van der Waals surface area contributed by atoms with E-state index in [4.69, 9.17) is 14.2 Å². The van der Waals surface area contributed by atoms with Gasteiger partial charge in [-0.1, -0.05) is 32.4 Å². The molecule has 12 nitrogen and oxygen atoms in total. The van der Waals surface area contributed by atoms with Crippen LogP contribution in [0.25, 0.3) is 0 Å². The van der Waals surface area contributed by atoms with Gasteiger partial charge in [0.15, 0.2) is 11.5 Å². The van der Waals surface area contributed by atoms with Gasteiger partial charge in [-0.15, -0.1) is 0 Å². The van der Waals surface area contributed by atoms with Crippen LogP contribution in [0.4, 0.5) is 0 Å². The minimum absolute atomic E-state index is 0.0387. The average molecular weight is 705 g/mol. The Kier molecular flexibility index (Phi) is 9.77. The number of esters is 1. The van der Waals surface area contributed by atoms with Gasteiger partial charge >= 0.3 is 5.97 Å². The molecule has 0 aromatic carbocycles. The lowest BCUT2D eigenvalue weighted by Crippen LogP contribution is -2.61. The second-order valence-electron chi connectivity index (χ2n) is 17.4. The van der Waals surface area contributed by atoms with Crippen LogP contribution < -0.4 is 0 Å². The molecule has 5 aliphatic rings. The van der Waals surface area contributed by atoms with E-state index in [2.05, 4.69) is 26.8 Å². The average Bonchev–Trinajstić information content (AvgIpc) is 3.23. The van der Waals surface area contributed by atoms with Crippen molar-refractivity contribution in [1.29, 1.82) is 0 Å². The fraction of sp³-hybridized carbons (Fsp3) is 0.763. The summed E-state index contributed by atoms with van der Waals surface area (Å²) < 4.78 is 16.9. The summed E-state index contributed by atoms with van der Waals surface area (Å²) in [7, 11) is 0. The van der Waals surface area contributed by atoms with Crippen molar-refractivity contribution in [2.24, 2.45) is 39.4 Å². The third-order valence-electron chi connectivity index (χ3n) is 13.4. The number of carbonyl (C=O) groups is 3. The molecule has 0 amide bonds. The summed E-state index contributed by atoms with van der Waals surface area (Å²) in [6, 6.07) is 0. The fourth-order valence-corrected chi connectivity index (χ4v) is 10.6. The normalized spacial score (nSPS) is 43.9. The van der Waals surface area contributed by atoms with Crippen LogP contribution in [0.5, 0.6) is 0 Å². The van der Waals surface area contributed by atoms with Gasteiger partial charge in [0, 0.05) is 18.8 Å². The predicted molar refractivity (Wildman–Crippen MR) is 180 cm³/mol. The Morgan fingerprint density at radius 3 is 2.24 bits per heavy atom. The zero-order chi connectivity index (χ0) is 37.6. The molecule has 280 valence electrons. The summed E-state index contributed by atoms with van der Waals surface area (Å²) in [6.07, 6.45) is 0.106. The second-order valence-corrected chi connectivity index (χ2v) is 17.4. The highest BCUT2D eigenvalue weighted by Gasteiger charge is 2.72. The third kappa shape index (κ3) is 5.83. The summed E-state index contributed by atoms with van der Waals surface area (Å²) in [6.45, 7) is 15.4. The van der Waals surface area contributed by atoms with Crippen molar-refractivity contribution in [3.05, 3.63) is 35.6 Å². The molecule has 1 aliphatic heterocycles. The van der Waals surface area contributed by atoms with Crippen LogP contribution in [0.2, 0.25) is 0 Å². The summed E-state index contributed by atoms with van der Waals surface area (Å²) in [5.41, 5.74) is -4.71. The molecular formula is C38H56O12. The van der Waals surface area contributed by atoms with Gasteiger partial charge in [-0.3, -0.25) is 14.4 Å². The van der Waals surface area contributed by atoms with E-state index in [1.165, 1.54) is 26.0 Å². The molecule has 1 heterocycles. The standard InChI is InChI=1S/C38H56O12/c1-19(40)50-33(2,3)13-12-26(42)38(9,47)30-22(41)17-37(8)25-11-10-20-21(35(25,6)14-15-36(30,37)7)16-23(31(46)34(20,4)5)48-32-29(45)28(44)27(43)24(18-39)49-32/h10,12-13,16,21-22,24-25,27-30,32,39,41,43-45,47H,11,14-15,17-18H2,1-9H3/b13-12+/t21-,22-,24-,25-,27-,28+,29-,30+,32-,35+,36-,37+,38+/m1/s1. The number of aliphatic hydroxyl groups is 6. The number of Topliss-reactive ketones (excluding diaryl/α,β-unsaturated/α-hetero) is 1.